The second-order valence-corrected chi connectivity index (χ2v) is 4.91. The number of nitrogens with zero attached hydrogens (tertiary/aromatic N) is 1. The van der Waals surface area contributed by atoms with Gasteiger partial charge in [-0.05, 0) is 39.0 Å². The smallest absolute Gasteiger partial charge is 0.317 e. The van der Waals surface area contributed by atoms with Gasteiger partial charge < -0.3 is 15.3 Å². The van der Waals surface area contributed by atoms with E-state index in [9.17, 15) is 9.59 Å². The summed E-state index contributed by atoms with van der Waals surface area (Å²) in [6.45, 7) is 5.14. The van der Waals surface area contributed by atoms with Crippen LogP contribution < -0.4 is 5.32 Å². The zero-order valence-electron chi connectivity index (χ0n) is 10.6. The molecule has 0 aliphatic heterocycles. The summed E-state index contributed by atoms with van der Waals surface area (Å²) in [7, 11) is 0. The van der Waals surface area contributed by atoms with E-state index in [0.29, 0.717) is 18.9 Å². The molecule has 1 fully saturated rings. The second-order valence-electron chi connectivity index (χ2n) is 4.91. The Bertz CT molecular complexity index is 275. The van der Waals surface area contributed by atoms with E-state index in [1.54, 1.807) is 4.90 Å². The second kappa shape index (κ2) is 6.47. The van der Waals surface area contributed by atoms with E-state index in [0.717, 1.165) is 6.54 Å². The summed E-state index contributed by atoms with van der Waals surface area (Å²) in [5, 5.41) is 11.5. The summed E-state index contributed by atoms with van der Waals surface area (Å²) in [6.07, 6.45) is 3.03. The highest BCUT2D eigenvalue weighted by atomic mass is 16.4. The van der Waals surface area contributed by atoms with Crippen LogP contribution in [0, 0.1) is 5.92 Å². The Morgan fingerprint density at radius 1 is 1.41 bits per heavy atom. The van der Waals surface area contributed by atoms with Gasteiger partial charge in [0.1, 0.15) is 0 Å². The molecule has 0 atom stereocenters. The monoisotopic (exact) mass is 242 g/mol. The minimum atomic E-state index is -0.813. The van der Waals surface area contributed by atoms with E-state index < -0.39 is 5.97 Å². The molecule has 0 aromatic carbocycles. The third-order valence-corrected chi connectivity index (χ3v) is 2.91. The Morgan fingerprint density at radius 2 is 2.06 bits per heavy atom. The van der Waals surface area contributed by atoms with Crippen LogP contribution in [-0.2, 0) is 4.79 Å². The fourth-order valence-electron chi connectivity index (χ4n) is 1.65. The van der Waals surface area contributed by atoms with Gasteiger partial charge in [0.25, 0.3) is 0 Å². The first-order chi connectivity index (χ1) is 8.00. The number of carbonyl (C=O) groups is 2. The number of carbonyl (C=O) groups excluding carboxylic acids is 1. The summed E-state index contributed by atoms with van der Waals surface area (Å²) in [4.78, 5) is 24.0. The molecule has 2 N–H and O–H groups in total. The molecule has 17 heavy (non-hydrogen) atoms. The van der Waals surface area contributed by atoms with Gasteiger partial charge in [-0.15, -0.1) is 0 Å². The van der Waals surface area contributed by atoms with Gasteiger partial charge in [-0.1, -0.05) is 0 Å². The molecule has 2 amide bonds. The van der Waals surface area contributed by atoms with E-state index in [2.05, 4.69) is 5.32 Å². The van der Waals surface area contributed by atoms with Crippen LogP contribution in [0.1, 0.15) is 39.5 Å². The molecule has 0 aromatic heterocycles. The van der Waals surface area contributed by atoms with Gasteiger partial charge in [0.2, 0.25) is 0 Å². The van der Waals surface area contributed by atoms with Gasteiger partial charge in [-0.2, -0.15) is 0 Å². The van der Waals surface area contributed by atoms with Gasteiger partial charge in [-0.3, -0.25) is 4.79 Å². The lowest BCUT2D eigenvalue weighted by atomic mass is 10.2. The summed E-state index contributed by atoms with van der Waals surface area (Å²) in [6, 6.07) is 0.0280. The van der Waals surface area contributed by atoms with Gasteiger partial charge in [-0.25, -0.2) is 4.79 Å². The summed E-state index contributed by atoms with van der Waals surface area (Å²) in [5.74, 6) is -0.154. The predicted molar refractivity (Wildman–Crippen MR) is 64.8 cm³/mol. The Labute approximate surface area is 102 Å². The van der Waals surface area contributed by atoms with Gasteiger partial charge in [0, 0.05) is 25.6 Å². The number of amides is 2. The SMILES string of the molecule is CC(C)N(CCCC(=O)O)C(=O)NCC1CC1. The minimum Gasteiger partial charge on any atom is -0.481 e. The quantitative estimate of drug-likeness (QED) is 0.713. The van der Waals surface area contributed by atoms with Gasteiger partial charge in [0.05, 0.1) is 0 Å². The molecule has 5 heteroatoms. The third kappa shape index (κ3) is 5.56. The zero-order chi connectivity index (χ0) is 12.8. The number of aliphatic carboxylic acids is 1. The van der Waals surface area contributed by atoms with Crippen molar-refractivity contribution in [3.8, 4) is 0 Å². The number of carboxylic acids is 1. The summed E-state index contributed by atoms with van der Waals surface area (Å²) >= 11 is 0. The van der Waals surface area contributed by atoms with E-state index in [1.165, 1.54) is 12.8 Å². The lowest BCUT2D eigenvalue weighted by Gasteiger charge is -2.26. The first kappa shape index (κ1) is 13.8. The summed E-state index contributed by atoms with van der Waals surface area (Å²) in [5.41, 5.74) is 0. The van der Waals surface area contributed by atoms with Crippen molar-refractivity contribution in [2.75, 3.05) is 13.1 Å². The lowest BCUT2D eigenvalue weighted by molar-refractivity contribution is -0.137. The molecule has 0 unspecified atom stereocenters. The molecule has 5 nitrogen and oxygen atoms in total. The largest absolute Gasteiger partial charge is 0.481 e. The number of hydrogen-bond acceptors (Lipinski definition) is 2. The maximum absolute atomic E-state index is 11.9. The van der Waals surface area contributed by atoms with E-state index in [4.69, 9.17) is 5.11 Å². The molecule has 1 saturated carbocycles. The molecule has 0 bridgehead atoms. The Balaban J connectivity index is 2.29. The Hall–Kier alpha value is -1.26. The fraction of sp³-hybridized carbons (Fsp3) is 0.833. The maximum Gasteiger partial charge on any atom is 0.317 e. The first-order valence-electron chi connectivity index (χ1n) is 6.27. The normalized spacial score (nSPS) is 14.8. The maximum atomic E-state index is 11.9. The number of carboxylic acid groups (broad SMARTS) is 1. The molecular formula is C12H22N2O3. The van der Waals surface area contributed by atoms with Crippen LogP contribution in [0.5, 0.6) is 0 Å². The molecule has 98 valence electrons. The molecule has 0 saturated heterocycles. The van der Waals surface area contributed by atoms with E-state index >= 15 is 0 Å². The Morgan fingerprint density at radius 3 is 2.53 bits per heavy atom. The van der Waals surface area contributed by atoms with Crippen molar-refractivity contribution < 1.29 is 14.7 Å². The third-order valence-electron chi connectivity index (χ3n) is 2.91. The number of hydrogen-bond donors (Lipinski definition) is 2. The van der Waals surface area contributed by atoms with Crippen molar-refractivity contribution in [3.63, 3.8) is 0 Å². The Kier molecular flexibility index (Phi) is 5.25. The number of rotatable bonds is 7. The van der Waals surface area contributed by atoms with Crippen molar-refractivity contribution >= 4 is 12.0 Å². The molecule has 1 rings (SSSR count). The number of nitrogens with one attached hydrogen (secondary N) is 1. The minimum absolute atomic E-state index is 0.0720. The average molecular weight is 242 g/mol. The fourth-order valence-corrected chi connectivity index (χ4v) is 1.65. The zero-order valence-corrected chi connectivity index (χ0v) is 10.6. The highest BCUT2D eigenvalue weighted by molar-refractivity contribution is 5.74. The van der Waals surface area contributed by atoms with Crippen LogP contribution in [0.25, 0.3) is 0 Å². The predicted octanol–water partition coefficient (Wildman–Crippen LogP) is 1.68. The first-order valence-corrected chi connectivity index (χ1v) is 6.27. The molecule has 0 aromatic rings. The molecule has 0 spiro atoms. The van der Waals surface area contributed by atoms with E-state index in [-0.39, 0.29) is 18.5 Å². The van der Waals surface area contributed by atoms with Crippen molar-refractivity contribution in [2.45, 2.75) is 45.6 Å². The lowest BCUT2D eigenvalue weighted by Crippen LogP contribution is -2.45. The highest BCUT2D eigenvalue weighted by Gasteiger charge is 2.23. The van der Waals surface area contributed by atoms with Crippen molar-refractivity contribution in [2.24, 2.45) is 5.92 Å². The van der Waals surface area contributed by atoms with Crippen LogP contribution in [-0.4, -0.2) is 41.1 Å². The summed E-state index contributed by atoms with van der Waals surface area (Å²) < 4.78 is 0. The van der Waals surface area contributed by atoms with Crippen LogP contribution in [0.15, 0.2) is 0 Å². The van der Waals surface area contributed by atoms with Crippen LogP contribution in [0.3, 0.4) is 0 Å². The van der Waals surface area contributed by atoms with Crippen molar-refractivity contribution in [1.29, 1.82) is 0 Å². The van der Waals surface area contributed by atoms with Crippen LogP contribution in [0.4, 0.5) is 4.79 Å². The average Bonchev–Trinajstić information content (AvgIpc) is 3.03. The molecule has 0 heterocycles. The van der Waals surface area contributed by atoms with Gasteiger partial charge in [0.15, 0.2) is 0 Å². The van der Waals surface area contributed by atoms with Crippen LogP contribution in [0.2, 0.25) is 0 Å². The molecule has 0 radical (unpaired) electrons. The number of urea groups is 1. The topological polar surface area (TPSA) is 69.6 Å². The van der Waals surface area contributed by atoms with Crippen molar-refractivity contribution in [3.05, 3.63) is 0 Å². The highest BCUT2D eigenvalue weighted by Crippen LogP contribution is 2.27. The van der Waals surface area contributed by atoms with E-state index in [1.807, 2.05) is 13.8 Å². The van der Waals surface area contributed by atoms with Crippen molar-refractivity contribution in [1.82, 2.24) is 10.2 Å². The van der Waals surface area contributed by atoms with Gasteiger partial charge >= 0.3 is 12.0 Å². The standard InChI is InChI=1S/C12H22N2O3/c1-9(2)14(7-3-4-11(15)16)12(17)13-8-10-5-6-10/h9-10H,3-8H2,1-2H3,(H,13,17)(H,15,16). The molecular weight excluding hydrogens is 220 g/mol. The molecule has 1 aliphatic carbocycles. The van der Waals surface area contributed by atoms with Crippen LogP contribution >= 0.6 is 0 Å². The molecule has 1 aliphatic rings.